The minimum Gasteiger partial charge on any atom is -0.454 e. The number of carbonyl (C=O) groups excluding carboxylic acids is 2. The van der Waals surface area contributed by atoms with Crippen molar-refractivity contribution in [2.45, 2.75) is 17.9 Å². The van der Waals surface area contributed by atoms with Crippen LogP contribution in [0, 0.1) is 10.1 Å². The average Bonchev–Trinajstić information content (AvgIpc) is 3.26. The first-order valence-electron chi connectivity index (χ1n) is 7.62. The number of hydrogen-bond acceptors (Lipinski definition) is 7. The maximum Gasteiger partial charge on any atom is 0.337 e. The largest absolute Gasteiger partial charge is 0.454 e. The van der Waals surface area contributed by atoms with E-state index in [0.29, 0.717) is 10.5 Å². The maximum absolute atomic E-state index is 12.5. The fraction of sp³-hybridized carbons (Fsp3) is 0.176. The third kappa shape index (κ3) is 3.78. The van der Waals surface area contributed by atoms with Crippen LogP contribution in [0.3, 0.4) is 0 Å². The van der Waals surface area contributed by atoms with Gasteiger partial charge in [0, 0.05) is 22.7 Å². The Kier molecular flexibility index (Phi) is 5.38. The first-order chi connectivity index (χ1) is 12.5. The van der Waals surface area contributed by atoms with Crippen molar-refractivity contribution in [3.8, 4) is 0 Å². The second-order valence-corrected chi connectivity index (χ2v) is 7.29. The van der Waals surface area contributed by atoms with Gasteiger partial charge in [0.1, 0.15) is 0 Å². The Bertz CT molecular complexity index is 978. The van der Waals surface area contributed by atoms with E-state index in [0.717, 1.165) is 34.0 Å². The number of esters is 1. The third-order valence-corrected chi connectivity index (χ3v) is 5.67. The summed E-state index contributed by atoms with van der Waals surface area (Å²) in [6, 6.07) is 8.94. The van der Waals surface area contributed by atoms with Crippen LogP contribution in [-0.2, 0) is 9.53 Å². The minimum atomic E-state index is -0.945. The minimum absolute atomic E-state index is 0.00859. The van der Waals surface area contributed by atoms with Crippen LogP contribution < -0.4 is 0 Å². The van der Waals surface area contributed by atoms with Crippen LogP contribution >= 0.6 is 23.1 Å². The molecule has 1 atom stereocenters. The zero-order valence-electron chi connectivity index (χ0n) is 13.6. The first-order valence-corrected chi connectivity index (χ1v) is 9.48. The number of nitro groups is 1. The number of carbonyl (C=O) groups is 2. The van der Waals surface area contributed by atoms with Gasteiger partial charge in [-0.3, -0.25) is 19.7 Å². The number of ketones is 1. The Labute approximate surface area is 156 Å². The number of hydrogen-bond donors (Lipinski definition) is 1. The monoisotopic (exact) mass is 390 g/mol. The predicted molar refractivity (Wildman–Crippen MR) is 99.9 cm³/mol. The molecule has 3 aromatic rings. The van der Waals surface area contributed by atoms with Gasteiger partial charge in [-0.1, -0.05) is 29.5 Å². The molecule has 3 rings (SSSR count). The number of aromatic nitrogens is 1. The van der Waals surface area contributed by atoms with E-state index in [1.165, 1.54) is 6.92 Å². The Morgan fingerprint density at radius 3 is 2.88 bits per heavy atom. The van der Waals surface area contributed by atoms with Gasteiger partial charge in [0.15, 0.2) is 6.10 Å². The number of benzene rings is 1. The molecular formula is C17H14N2O5S2. The lowest BCUT2D eigenvalue weighted by Gasteiger charge is -2.11. The molecule has 1 N–H and O–H groups in total. The number of thioether (sulfide) groups is 1. The lowest BCUT2D eigenvalue weighted by atomic mass is 10.1. The summed E-state index contributed by atoms with van der Waals surface area (Å²) in [6.07, 6.45) is 0.653. The molecule has 2 heterocycles. The highest BCUT2D eigenvalue weighted by atomic mass is 32.2. The first kappa shape index (κ1) is 18.2. The molecule has 0 radical (unpaired) electrons. The molecule has 0 amide bonds. The zero-order valence-corrected chi connectivity index (χ0v) is 15.3. The third-order valence-electron chi connectivity index (χ3n) is 3.65. The molecule has 0 spiro atoms. The predicted octanol–water partition coefficient (Wildman–Crippen LogP) is 4.04. The summed E-state index contributed by atoms with van der Waals surface area (Å²) < 4.78 is 5.19. The van der Waals surface area contributed by atoms with E-state index < -0.39 is 17.0 Å². The van der Waals surface area contributed by atoms with Crippen molar-refractivity contribution < 1.29 is 19.2 Å². The number of thiophene rings is 1. The highest BCUT2D eigenvalue weighted by Gasteiger charge is 2.23. The van der Waals surface area contributed by atoms with Crippen LogP contribution in [0.1, 0.15) is 17.3 Å². The Morgan fingerprint density at radius 2 is 2.12 bits per heavy atom. The molecule has 0 saturated heterocycles. The van der Waals surface area contributed by atoms with E-state index in [2.05, 4.69) is 4.98 Å². The molecule has 9 heteroatoms. The smallest absolute Gasteiger partial charge is 0.337 e. The van der Waals surface area contributed by atoms with Crippen molar-refractivity contribution in [3.63, 3.8) is 0 Å². The van der Waals surface area contributed by atoms with E-state index >= 15 is 0 Å². The molecule has 134 valence electrons. The molecular weight excluding hydrogens is 376 g/mol. The van der Waals surface area contributed by atoms with Crippen LogP contribution in [0.15, 0.2) is 46.8 Å². The number of rotatable bonds is 7. The van der Waals surface area contributed by atoms with Gasteiger partial charge >= 0.3 is 11.0 Å². The van der Waals surface area contributed by atoms with Gasteiger partial charge in [0.05, 0.1) is 15.6 Å². The Balaban J connectivity index is 1.61. The van der Waals surface area contributed by atoms with E-state index in [1.807, 2.05) is 24.3 Å². The van der Waals surface area contributed by atoms with Crippen molar-refractivity contribution in [3.05, 3.63) is 57.6 Å². The van der Waals surface area contributed by atoms with Crippen molar-refractivity contribution in [2.75, 3.05) is 5.75 Å². The standard InChI is InChI=1S/C17H14N2O5S2/c1-10(16(21)12-8-18-13-5-3-2-4-11(12)13)24-15(20)9-26-14-6-7-25-17(14)19(22)23/h2-8,10,18H,9H2,1H3/t10-/m1/s1. The number of H-pyrrole nitrogens is 1. The zero-order chi connectivity index (χ0) is 18.7. The van der Waals surface area contributed by atoms with E-state index in [1.54, 1.807) is 17.6 Å². The van der Waals surface area contributed by atoms with Gasteiger partial charge in [-0.25, -0.2) is 0 Å². The SMILES string of the molecule is C[C@@H](OC(=O)CSc1ccsc1[N+](=O)[O-])C(=O)c1c[nH]c2ccccc12. The van der Waals surface area contributed by atoms with E-state index in [-0.39, 0.29) is 16.5 Å². The molecule has 7 nitrogen and oxygen atoms in total. The summed E-state index contributed by atoms with van der Waals surface area (Å²) in [7, 11) is 0. The second kappa shape index (κ2) is 7.71. The fourth-order valence-corrected chi connectivity index (χ4v) is 4.16. The lowest BCUT2D eigenvalue weighted by molar-refractivity contribution is -0.382. The molecule has 1 aromatic carbocycles. The number of para-hydroxylation sites is 1. The molecule has 0 unspecified atom stereocenters. The van der Waals surface area contributed by atoms with Gasteiger partial charge < -0.3 is 9.72 Å². The fourth-order valence-electron chi connectivity index (χ4n) is 2.45. The van der Waals surface area contributed by atoms with Crippen molar-refractivity contribution in [1.82, 2.24) is 4.98 Å². The molecule has 0 fully saturated rings. The van der Waals surface area contributed by atoms with E-state index in [4.69, 9.17) is 4.74 Å². The number of Topliss-reactive ketones (excluding diaryl/α,β-unsaturated/α-hetero) is 1. The summed E-state index contributed by atoms with van der Waals surface area (Å²) in [5, 5.41) is 13.2. The molecule has 26 heavy (non-hydrogen) atoms. The van der Waals surface area contributed by atoms with Crippen molar-refractivity contribution in [1.29, 1.82) is 0 Å². The molecule has 2 aromatic heterocycles. The van der Waals surface area contributed by atoms with Crippen LogP contribution in [0.4, 0.5) is 5.00 Å². The second-order valence-electron chi connectivity index (χ2n) is 5.38. The van der Waals surface area contributed by atoms with Crippen LogP contribution in [0.25, 0.3) is 10.9 Å². The molecule has 0 bridgehead atoms. The number of ether oxygens (including phenoxy) is 1. The van der Waals surface area contributed by atoms with Crippen LogP contribution in [-0.4, -0.2) is 33.5 Å². The van der Waals surface area contributed by atoms with Gasteiger partial charge in [0.25, 0.3) is 0 Å². The number of nitrogens with zero attached hydrogens (tertiary/aromatic N) is 1. The highest BCUT2D eigenvalue weighted by molar-refractivity contribution is 8.00. The van der Waals surface area contributed by atoms with Gasteiger partial charge in [0.2, 0.25) is 5.78 Å². The highest BCUT2D eigenvalue weighted by Crippen LogP contribution is 2.34. The Morgan fingerprint density at radius 1 is 1.35 bits per heavy atom. The Hall–Kier alpha value is -2.65. The molecule has 0 aliphatic rings. The number of aromatic amines is 1. The molecule has 0 aliphatic carbocycles. The van der Waals surface area contributed by atoms with Gasteiger partial charge in [-0.15, -0.1) is 11.8 Å². The van der Waals surface area contributed by atoms with Gasteiger partial charge in [-0.2, -0.15) is 0 Å². The normalized spacial score (nSPS) is 12.0. The van der Waals surface area contributed by atoms with Gasteiger partial charge in [-0.05, 0) is 24.4 Å². The summed E-state index contributed by atoms with van der Waals surface area (Å²) in [5.41, 5.74) is 1.29. The van der Waals surface area contributed by atoms with Crippen molar-refractivity contribution in [2.24, 2.45) is 0 Å². The summed E-state index contributed by atoms with van der Waals surface area (Å²) >= 11 is 2.02. The lowest BCUT2D eigenvalue weighted by Crippen LogP contribution is -2.25. The van der Waals surface area contributed by atoms with Crippen LogP contribution in [0.5, 0.6) is 0 Å². The van der Waals surface area contributed by atoms with Crippen molar-refractivity contribution >= 4 is 50.8 Å². The molecule has 0 aliphatic heterocycles. The summed E-state index contributed by atoms with van der Waals surface area (Å²) in [6.45, 7) is 1.51. The average molecular weight is 390 g/mol. The summed E-state index contributed by atoms with van der Waals surface area (Å²) in [5.74, 6) is -1.01. The maximum atomic E-state index is 12.5. The number of nitrogens with one attached hydrogen (secondary N) is 1. The topological polar surface area (TPSA) is 102 Å². The van der Waals surface area contributed by atoms with Crippen LogP contribution in [0.2, 0.25) is 0 Å². The van der Waals surface area contributed by atoms with E-state index in [9.17, 15) is 19.7 Å². The quantitative estimate of drug-likeness (QED) is 0.215. The molecule has 0 saturated carbocycles. The summed E-state index contributed by atoms with van der Waals surface area (Å²) in [4.78, 5) is 38.3. The number of fused-ring (bicyclic) bond motifs is 1.